The number of nitrogens with zero attached hydrogens (tertiary/aromatic N) is 2. The maximum Gasteiger partial charge on any atom is 0.416 e. The number of halogens is 3. The molecule has 0 bridgehead atoms. The number of carboxylic acid groups (broad SMARTS) is 1. The Bertz CT molecular complexity index is 686. The number of aromatic carboxylic acids is 1. The number of benzene rings is 1. The van der Waals surface area contributed by atoms with Crippen LogP contribution in [0.25, 0.3) is 0 Å². The number of alkyl halides is 3. The molecule has 0 radical (unpaired) electrons. The molecule has 2 aromatic rings. The molecule has 0 atom stereocenters. The summed E-state index contributed by atoms with van der Waals surface area (Å²) in [7, 11) is 0. The van der Waals surface area contributed by atoms with Gasteiger partial charge in [-0.05, 0) is 18.2 Å². The minimum atomic E-state index is -4.65. The Kier molecular flexibility index (Phi) is 3.89. The number of carbonyl (C=O) groups is 2. The van der Waals surface area contributed by atoms with Crippen molar-refractivity contribution in [1.82, 2.24) is 8.75 Å². The molecule has 1 heterocycles. The number of hydrogen-bond donors (Lipinski definition) is 2. The van der Waals surface area contributed by atoms with Crippen molar-refractivity contribution in [3.8, 4) is 0 Å². The third kappa shape index (κ3) is 3.34. The summed E-state index contributed by atoms with van der Waals surface area (Å²) in [4.78, 5) is 22.7. The molecule has 1 aromatic carbocycles. The van der Waals surface area contributed by atoms with Gasteiger partial charge >= 0.3 is 12.1 Å². The van der Waals surface area contributed by atoms with Crippen LogP contribution in [0.5, 0.6) is 0 Å². The molecule has 2 rings (SSSR count). The van der Waals surface area contributed by atoms with Crippen LogP contribution < -0.4 is 5.32 Å². The normalized spacial score (nSPS) is 11.2. The van der Waals surface area contributed by atoms with Crippen molar-refractivity contribution >= 4 is 29.3 Å². The quantitative estimate of drug-likeness (QED) is 0.907. The van der Waals surface area contributed by atoms with Crippen LogP contribution in [0.4, 0.5) is 18.9 Å². The van der Waals surface area contributed by atoms with Gasteiger partial charge in [0, 0.05) is 0 Å². The molecule has 0 spiro atoms. The first kappa shape index (κ1) is 14.9. The Balaban J connectivity index is 2.39. The molecule has 10 heteroatoms. The van der Waals surface area contributed by atoms with Gasteiger partial charge in [-0.3, -0.25) is 4.79 Å². The molecule has 0 aliphatic carbocycles. The number of carbonyl (C=O) groups excluding carboxylic acids is 1. The van der Waals surface area contributed by atoms with Gasteiger partial charge in [-0.2, -0.15) is 21.9 Å². The SMILES string of the molecule is O=C(Nc1cc(C(F)(F)F)ccc1C(=O)O)c1cnsn1. The topological polar surface area (TPSA) is 92.2 Å². The van der Waals surface area contributed by atoms with Gasteiger partial charge in [0.05, 0.1) is 34.7 Å². The summed E-state index contributed by atoms with van der Waals surface area (Å²) in [5.74, 6) is -2.30. The van der Waals surface area contributed by atoms with Crippen molar-refractivity contribution in [2.45, 2.75) is 6.18 Å². The van der Waals surface area contributed by atoms with Crippen LogP contribution in [-0.2, 0) is 6.18 Å². The molecular weight excluding hydrogens is 311 g/mol. The Labute approximate surface area is 119 Å². The summed E-state index contributed by atoms with van der Waals surface area (Å²) in [5.41, 5.74) is -2.11. The lowest BCUT2D eigenvalue weighted by atomic mass is 10.1. The van der Waals surface area contributed by atoms with Crippen molar-refractivity contribution in [2.75, 3.05) is 5.32 Å². The van der Waals surface area contributed by atoms with Gasteiger partial charge in [-0.1, -0.05) is 0 Å². The van der Waals surface area contributed by atoms with Crippen LogP contribution in [0.2, 0.25) is 0 Å². The first-order chi connectivity index (χ1) is 9.79. The highest BCUT2D eigenvalue weighted by atomic mass is 32.1. The molecule has 0 unspecified atom stereocenters. The third-order valence-corrected chi connectivity index (χ3v) is 2.90. The van der Waals surface area contributed by atoms with Crippen LogP contribution in [0, 0.1) is 0 Å². The third-order valence-electron chi connectivity index (χ3n) is 2.42. The van der Waals surface area contributed by atoms with Crippen LogP contribution in [0.3, 0.4) is 0 Å². The molecule has 0 saturated heterocycles. The van der Waals surface area contributed by atoms with Gasteiger partial charge in [-0.15, -0.1) is 0 Å². The zero-order valence-electron chi connectivity index (χ0n) is 10.0. The van der Waals surface area contributed by atoms with E-state index < -0.39 is 34.9 Å². The molecule has 6 nitrogen and oxygen atoms in total. The van der Waals surface area contributed by atoms with Crippen LogP contribution in [0.15, 0.2) is 24.4 Å². The Morgan fingerprint density at radius 3 is 2.52 bits per heavy atom. The lowest BCUT2D eigenvalue weighted by molar-refractivity contribution is -0.137. The van der Waals surface area contributed by atoms with Crippen molar-refractivity contribution in [3.63, 3.8) is 0 Å². The monoisotopic (exact) mass is 317 g/mol. The Hall–Kier alpha value is -2.49. The van der Waals surface area contributed by atoms with Crippen LogP contribution in [-0.4, -0.2) is 25.7 Å². The van der Waals surface area contributed by atoms with E-state index in [0.717, 1.165) is 24.0 Å². The molecule has 0 aliphatic rings. The second-order valence-corrected chi connectivity index (χ2v) is 4.37. The Morgan fingerprint density at radius 1 is 1.29 bits per heavy atom. The standard InChI is InChI=1S/C11H6F3N3O3S/c12-11(13,14)5-1-2-6(10(19)20)7(3-5)16-9(18)8-4-15-21-17-8/h1-4H,(H,16,18)(H,19,20). The number of rotatable bonds is 3. The van der Waals surface area contributed by atoms with E-state index in [1.54, 1.807) is 0 Å². The maximum atomic E-state index is 12.6. The molecule has 21 heavy (non-hydrogen) atoms. The fourth-order valence-electron chi connectivity index (χ4n) is 1.46. The van der Waals surface area contributed by atoms with E-state index in [9.17, 15) is 22.8 Å². The molecule has 1 amide bonds. The molecule has 0 saturated carbocycles. The van der Waals surface area contributed by atoms with Crippen molar-refractivity contribution < 1.29 is 27.9 Å². The molecule has 110 valence electrons. The zero-order chi connectivity index (χ0) is 15.6. The average molecular weight is 317 g/mol. The fraction of sp³-hybridized carbons (Fsp3) is 0.0909. The largest absolute Gasteiger partial charge is 0.478 e. The smallest absolute Gasteiger partial charge is 0.416 e. The molecule has 0 aliphatic heterocycles. The van der Waals surface area contributed by atoms with E-state index in [2.05, 4.69) is 14.1 Å². The molecule has 2 N–H and O–H groups in total. The predicted molar refractivity (Wildman–Crippen MR) is 66.3 cm³/mol. The average Bonchev–Trinajstić information content (AvgIpc) is 2.91. The van der Waals surface area contributed by atoms with Gasteiger partial charge in [0.2, 0.25) is 0 Å². The van der Waals surface area contributed by atoms with Crippen molar-refractivity contribution in [2.24, 2.45) is 0 Å². The van der Waals surface area contributed by atoms with Gasteiger partial charge in [0.25, 0.3) is 5.91 Å². The highest BCUT2D eigenvalue weighted by Crippen LogP contribution is 2.32. The highest BCUT2D eigenvalue weighted by molar-refractivity contribution is 6.99. The summed E-state index contributed by atoms with van der Waals surface area (Å²) < 4.78 is 45.1. The zero-order valence-corrected chi connectivity index (χ0v) is 10.8. The minimum absolute atomic E-state index is 0.117. The number of amides is 1. The summed E-state index contributed by atoms with van der Waals surface area (Å²) in [6.07, 6.45) is -3.53. The number of carboxylic acids is 1. The van der Waals surface area contributed by atoms with Gasteiger partial charge in [0.1, 0.15) is 0 Å². The number of nitrogens with one attached hydrogen (secondary N) is 1. The van der Waals surface area contributed by atoms with Crippen LogP contribution >= 0.6 is 11.7 Å². The molecular formula is C11H6F3N3O3S. The second kappa shape index (κ2) is 5.48. The lowest BCUT2D eigenvalue weighted by Gasteiger charge is -2.12. The number of hydrogen-bond acceptors (Lipinski definition) is 5. The molecule has 1 aromatic heterocycles. The van der Waals surface area contributed by atoms with E-state index in [4.69, 9.17) is 5.11 Å². The van der Waals surface area contributed by atoms with Crippen LogP contribution in [0.1, 0.15) is 26.4 Å². The minimum Gasteiger partial charge on any atom is -0.478 e. The summed E-state index contributed by atoms with van der Waals surface area (Å²) in [6, 6.07) is 1.96. The highest BCUT2D eigenvalue weighted by Gasteiger charge is 2.31. The van der Waals surface area contributed by atoms with E-state index in [1.165, 1.54) is 0 Å². The lowest BCUT2D eigenvalue weighted by Crippen LogP contribution is -2.16. The second-order valence-electron chi connectivity index (χ2n) is 3.81. The number of aromatic nitrogens is 2. The summed E-state index contributed by atoms with van der Waals surface area (Å²) in [5, 5.41) is 11.0. The first-order valence-electron chi connectivity index (χ1n) is 5.32. The van der Waals surface area contributed by atoms with Gasteiger partial charge < -0.3 is 10.4 Å². The van der Waals surface area contributed by atoms with E-state index in [0.29, 0.717) is 12.1 Å². The fourth-order valence-corrected chi connectivity index (χ4v) is 1.87. The summed E-state index contributed by atoms with van der Waals surface area (Å²) >= 11 is 0.739. The van der Waals surface area contributed by atoms with Gasteiger partial charge in [0.15, 0.2) is 5.69 Å². The van der Waals surface area contributed by atoms with E-state index >= 15 is 0 Å². The van der Waals surface area contributed by atoms with E-state index in [-0.39, 0.29) is 5.69 Å². The Morgan fingerprint density at radius 2 is 2.00 bits per heavy atom. The predicted octanol–water partition coefficient (Wildman–Crippen LogP) is 2.51. The first-order valence-corrected chi connectivity index (χ1v) is 6.05. The van der Waals surface area contributed by atoms with Crippen molar-refractivity contribution in [1.29, 1.82) is 0 Å². The van der Waals surface area contributed by atoms with E-state index in [1.807, 2.05) is 0 Å². The van der Waals surface area contributed by atoms with Crippen molar-refractivity contribution in [3.05, 3.63) is 41.2 Å². The number of anilines is 1. The summed E-state index contributed by atoms with van der Waals surface area (Å²) in [6.45, 7) is 0. The van der Waals surface area contributed by atoms with Gasteiger partial charge in [-0.25, -0.2) is 4.79 Å². The maximum absolute atomic E-state index is 12.6. The molecule has 0 fully saturated rings.